The van der Waals surface area contributed by atoms with Gasteiger partial charge >= 0.3 is 0 Å². The molecule has 1 atom stereocenters. The van der Waals surface area contributed by atoms with Crippen molar-refractivity contribution in [2.75, 3.05) is 0 Å². The number of hydrogen-bond acceptors (Lipinski definition) is 2. The molecule has 2 aromatic rings. The number of rotatable bonds is 2. The molecular weight excluding hydrogens is 214 g/mol. The first kappa shape index (κ1) is 10.8. The summed E-state index contributed by atoms with van der Waals surface area (Å²) in [6, 6.07) is 2.95. The molecule has 0 aliphatic rings. The first-order valence-electron chi connectivity index (χ1n) is 4.70. The standard InChI is InChI=1S/C11H10F2N2O/c1-15-5-4-14-11(15)10(16)8-6-7(12)2-3-9(8)13/h2-6,10,16H,1H3. The van der Waals surface area contributed by atoms with Gasteiger partial charge in [0.25, 0.3) is 0 Å². The Labute approximate surface area is 91.0 Å². The summed E-state index contributed by atoms with van der Waals surface area (Å²) in [5, 5.41) is 9.88. The second-order valence-electron chi connectivity index (χ2n) is 3.46. The van der Waals surface area contributed by atoms with Crippen molar-refractivity contribution in [1.29, 1.82) is 0 Å². The highest BCUT2D eigenvalue weighted by molar-refractivity contribution is 5.25. The van der Waals surface area contributed by atoms with Crippen molar-refractivity contribution >= 4 is 0 Å². The van der Waals surface area contributed by atoms with Crippen LogP contribution < -0.4 is 0 Å². The van der Waals surface area contributed by atoms with Crippen LogP contribution >= 0.6 is 0 Å². The molecule has 0 aliphatic heterocycles. The second kappa shape index (κ2) is 4.02. The molecule has 16 heavy (non-hydrogen) atoms. The van der Waals surface area contributed by atoms with Gasteiger partial charge in [0.2, 0.25) is 0 Å². The molecule has 0 radical (unpaired) electrons. The number of nitrogens with zero attached hydrogens (tertiary/aromatic N) is 2. The van der Waals surface area contributed by atoms with Crippen molar-refractivity contribution in [3.05, 3.63) is 53.6 Å². The van der Waals surface area contributed by atoms with Gasteiger partial charge in [0.05, 0.1) is 0 Å². The average molecular weight is 224 g/mol. The molecule has 1 heterocycles. The highest BCUT2D eigenvalue weighted by atomic mass is 19.1. The summed E-state index contributed by atoms with van der Waals surface area (Å²) < 4.78 is 27.9. The van der Waals surface area contributed by atoms with E-state index in [0.29, 0.717) is 0 Å². The third-order valence-corrected chi connectivity index (χ3v) is 2.36. The van der Waals surface area contributed by atoms with Gasteiger partial charge in [-0.05, 0) is 18.2 Å². The van der Waals surface area contributed by atoms with Gasteiger partial charge < -0.3 is 9.67 Å². The van der Waals surface area contributed by atoms with Crippen molar-refractivity contribution in [2.24, 2.45) is 7.05 Å². The largest absolute Gasteiger partial charge is 0.380 e. The Kier molecular flexibility index (Phi) is 2.70. The number of aliphatic hydroxyl groups is 1. The number of imidazole rings is 1. The maximum absolute atomic E-state index is 13.4. The van der Waals surface area contributed by atoms with Gasteiger partial charge in [-0.25, -0.2) is 13.8 Å². The number of aromatic nitrogens is 2. The third kappa shape index (κ3) is 1.81. The minimum atomic E-state index is -1.27. The predicted octanol–water partition coefficient (Wildman–Crippen LogP) is 1.78. The Morgan fingerprint density at radius 2 is 2.12 bits per heavy atom. The SMILES string of the molecule is Cn1ccnc1C(O)c1cc(F)ccc1F. The van der Waals surface area contributed by atoms with Crippen LogP contribution in [0, 0.1) is 11.6 Å². The predicted molar refractivity (Wildman–Crippen MR) is 53.6 cm³/mol. The normalized spacial score (nSPS) is 12.8. The third-order valence-electron chi connectivity index (χ3n) is 2.36. The molecule has 1 aromatic heterocycles. The maximum Gasteiger partial charge on any atom is 0.142 e. The van der Waals surface area contributed by atoms with Crippen LogP contribution in [0.3, 0.4) is 0 Å². The van der Waals surface area contributed by atoms with Gasteiger partial charge in [-0.3, -0.25) is 0 Å². The fraction of sp³-hybridized carbons (Fsp3) is 0.182. The Hall–Kier alpha value is -1.75. The highest BCUT2D eigenvalue weighted by Crippen LogP contribution is 2.23. The fourth-order valence-corrected chi connectivity index (χ4v) is 1.50. The van der Waals surface area contributed by atoms with Crippen LogP contribution in [0.2, 0.25) is 0 Å². The van der Waals surface area contributed by atoms with Crippen LogP contribution in [-0.2, 0) is 7.05 Å². The van der Waals surface area contributed by atoms with Crippen LogP contribution in [0.4, 0.5) is 8.78 Å². The molecule has 0 saturated heterocycles. The molecule has 2 rings (SSSR count). The Morgan fingerprint density at radius 1 is 1.38 bits per heavy atom. The summed E-state index contributed by atoms with van der Waals surface area (Å²) in [4.78, 5) is 3.89. The lowest BCUT2D eigenvalue weighted by Gasteiger charge is -2.11. The molecule has 0 spiro atoms. The average Bonchev–Trinajstić information content (AvgIpc) is 2.67. The van der Waals surface area contributed by atoms with E-state index in [1.165, 1.54) is 6.20 Å². The zero-order chi connectivity index (χ0) is 11.7. The summed E-state index contributed by atoms with van der Waals surface area (Å²) in [7, 11) is 1.67. The number of halogens is 2. The second-order valence-corrected chi connectivity index (χ2v) is 3.46. The summed E-state index contributed by atoms with van der Waals surface area (Å²) in [5.74, 6) is -0.981. The number of aliphatic hydroxyl groups excluding tert-OH is 1. The van der Waals surface area contributed by atoms with Gasteiger partial charge in [-0.1, -0.05) is 0 Å². The number of aryl methyl sites for hydroxylation is 1. The van der Waals surface area contributed by atoms with Crippen LogP contribution in [0.1, 0.15) is 17.5 Å². The Morgan fingerprint density at radius 3 is 2.75 bits per heavy atom. The minimum absolute atomic E-state index is 0.116. The molecule has 1 aromatic carbocycles. The number of hydrogen-bond donors (Lipinski definition) is 1. The van der Waals surface area contributed by atoms with Gasteiger partial charge in [0, 0.05) is 25.0 Å². The van der Waals surface area contributed by atoms with Crippen LogP contribution in [0.15, 0.2) is 30.6 Å². The zero-order valence-electron chi connectivity index (χ0n) is 8.56. The van der Waals surface area contributed by atoms with Gasteiger partial charge in [-0.15, -0.1) is 0 Å². The lowest BCUT2D eigenvalue weighted by atomic mass is 10.1. The van der Waals surface area contributed by atoms with E-state index in [9.17, 15) is 13.9 Å². The van der Waals surface area contributed by atoms with Crippen LogP contribution in [-0.4, -0.2) is 14.7 Å². The smallest absolute Gasteiger partial charge is 0.142 e. The quantitative estimate of drug-likeness (QED) is 0.844. The minimum Gasteiger partial charge on any atom is -0.380 e. The van der Waals surface area contributed by atoms with E-state index in [0.717, 1.165) is 18.2 Å². The van der Waals surface area contributed by atoms with E-state index in [1.54, 1.807) is 17.8 Å². The van der Waals surface area contributed by atoms with E-state index in [4.69, 9.17) is 0 Å². The fourth-order valence-electron chi connectivity index (χ4n) is 1.50. The van der Waals surface area contributed by atoms with Crippen molar-refractivity contribution in [3.63, 3.8) is 0 Å². The molecule has 1 N–H and O–H groups in total. The molecule has 84 valence electrons. The van der Waals surface area contributed by atoms with Crippen LogP contribution in [0.25, 0.3) is 0 Å². The zero-order valence-corrected chi connectivity index (χ0v) is 8.56. The van der Waals surface area contributed by atoms with Crippen molar-refractivity contribution in [2.45, 2.75) is 6.10 Å². The highest BCUT2D eigenvalue weighted by Gasteiger charge is 2.19. The van der Waals surface area contributed by atoms with E-state index in [1.807, 2.05) is 0 Å². The van der Waals surface area contributed by atoms with Gasteiger partial charge in [0.1, 0.15) is 23.6 Å². The topological polar surface area (TPSA) is 38.0 Å². The molecule has 0 aliphatic carbocycles. The summed E-state index contributed by atoms with van der Waals surface area (Å²) in [6.07, 6.45) is 1.83. The first-order valence-corrected chi connectivity index (χ1v) is 4.70. The van der Waals surface area contributed by atoms with Gasteiger partial charge in [-0.2, -0.15) is 0 Å². The Bertz CT molecular complexity index is 510. The van der Waals surface area contributed by atoms with Crippen LogP contribution in [0.5, 0.6) is 0 Å². The lowest BCUT2D eigenvalue weighted by Crippen LogP contribution is -2.09. The van der Waals surface area contributed by atoms with Crippen molar-refractivity contribution in [1.82, 2.24) is 9.55 Å². The molecule has 0 fully saturated rings. The monoisotopic (exact) mass is 224 g/mol. The van der Waals surface area contributed by atoms with E-state index < -0.39 is 17.7 Å². The molecule has 3 nitrogen and oxygen atoms in total. The van der Waals surface area contributed by atoms with Gasteiger partial charge in [0.15, 0.2) is 0 Å². The summed E-state index contributed by atoms with van der Waals surface area (Å²) in [5.41, 5.74) is -0.116. The molecule has 1 unspecified atom stereocenters. The summed E-state index contributed by atoms with van der Waals surface area (Å²) in [6.45, 7) is 0. The first-order chi connectivity index (χ1) is 7.59. The summed E-state index contributed by atoms with van der Waals surface area (Å²) >= 11 is 0. The Balaban J connectivity index is 2.45. The molecule has 0 amide bonds. The van der Waals surface area contributed by atoms with E-state index in [-0.39, 0.29) is 11.4 Å². The van der Waals surface area contributed by atoms with E-state index in [2.05, 4.69) is 4.98 Å². The lowest BCUT2D eigenvalue weighted by molar-refractivity contribution is 0.200. The molecule has 0 bridgehead atoms. The molecule has 0 saturated carbocycles. The van der Waals surface area contributed by atoms with Crippen molar-refractivity contribution in [3.8, 4) is 0 Å². The maximum atomic E-state index is 13.4. The van der Waals surface area contributed by atoms with E-state index >= 15 is 0 Å². The molecular formula is C11H10F2N2O. The molecule has 5 heteroatoms. The van der Waals surface area contributed by atoms with Crippen molar-refractivity contribution < 1.29 is 13.9 Å². The number of benzene rings is 1.